The second-order valence-corrected chi connectivity index (χ2v) is 9.48. The second-order valence-electron chi connectivity index (χ2n) is 9.48. The number of pyridine rings is 1. The van der Waals surface area contributed by atoms with Gasteiger partial charge in [0.05, 0.1) is 5.56 Å². The molecule has 1 fully saturated rings. The fourth-order valence-corrected chi connectivity index (χ4v) is 4.96. The maximum atomic E-state index is 13.3. The molecule has 6 nitrogen and oxygen atoms in total. The number of aryl methyl sites for hydroxylation is 1. The van der Waals surface area contributed by atoms with Crippen LogP contribution in [0, 0.1) is 6.92 Å². The third-order valence-corrected chi connectivity index (χ3v) is 6.81. The van der Waals surface area contributed by atoms with E-state index in [0.29, 0.717) is 30.3 Å². The molecule has 2 heterocycles. The maximum absolute atomic E-state index is 13.3. The molecule has 4 aromatic rings. The number of carbonyl (C=O) groups is 1. The number of imidazole rings is 1. The van der Waals surface area contributed by atoms with Gasteiger partial charge in [0.2, 0.25) is 0 Å². The van der Waals surface area contributed by atoms with Gasteiger partial charge in [-0.25, -0.2) is 4.98 Å². The highest BCUT2D eigenvalue weighted by molar-refractivity contribution is 6.00. The minimum atomic E-state index is -0.140. The standard InChI is InChI=1S/C29H33N5O/c1-20-8-5-11-23(16-20)26-28(32-24-12-3-2-4-13-24)34-15-7-14-25(27(34)33-26)29(35)31-19-22-10-6-9-21(17-22)18-30/h5-11,14-17,24,32H,2-4,12-13,18-19,30H2,1H3,(H,31,35). The van der Waals surface area contributed by atoms with Gasteiger partial charge in [-0.1, -0.05) is 67.3 Å². The molecule has 0 spiro atoms. The van der Waals surface area contributed by atoms with Crippen LogP contribution in [0.4, 0.5) is 5.82 Å². The lowest BCUT2D eigenvalue weighted by atomic mass is 9.95. The molecular weight excluding hydrogens is 434 g/mol. The molecule has 0 radical (unpaired) electrons. The molecule has 4 N–H and O–H groups in total. The number of hydrogen-bond donors (Lipinski definition) is 3. The number of nitrogens with two attached hydrogens (primary N) is 1. The van der Waals surface area contributed by atoms with Crippen molar-refractivity contribution >= 4 is 17.4 Å². The van der Waals surface area contributed by atoms with Crippen LogP contribution in [0.1, 0.15) is 59.2 Å². The van der Waals surface area contributed by atoms with Crippen molar-refractivity contribution in [1.82, 2.24) is 14.7 Å². The number of nitrogens with zero attached hydrogens (tertiary/aromatic N) is 2. The third-order valence-electron chi connectivity index (χ3n) is 6.81. The van der Waals surface area contributed by atoms with Gasteiger partial charge in [-0.3, -0.25) is 9.20 Å². The number of nitrogens with one attached hydrogen (secondary N) is 2. The molecule has 1 aliphatic rings. The van der Waals surface area contributed by atoms with Crippen LogP contribution >= 0.6 is 0 Å². The Balaban J connectivity index is 1.50. The Morgan fingerprint density at radius 1 is 1.03 bits per heavy atom. The van der Waals surface area contributed by atoms with E-state index in [1.54, 1.807) is 0 Å². The van der Waals surface area contributed by atoms with Gasteiger partial charge in [-0.2, -0.15) is 0 Å². The molecule has 0 atom stereocenters. The van der Waals surface area contributed by atoms with E-state index in [9.17, 15) is 4.79 Å². The predicted octanol–water partition coefficient (Wildman–Crippen LogP) is 5.44. The molecule has 0 unspecified atom stereocenters. The molecule has 0 bridgehead atoms. The minimum Gasteiger partial charge on any atom is -0.367 e. The molecule has 35 heavy (non-hydrogen) atoms. The van der Waals surface area contributed by atoms with Gasteiger partial charge in [-0.05, 0) is 49.1 Å². The average Bonchev–Trinajstić information content (AvgIpc) is 3.26. The third kappa shape index (κ3) is 5.08. The summed E-state index contributed by atoms with van der Waals surface area (Å²) in [5.41, 5.74) is 12.2. The van der Waals surface area contributed by atoms with Gasteiger partial charge in [0.15, 0.2) is 5.65 Å². The molecule has 1 saturated carbocycles. The zero-order valence-corrected chi connectivity index (χ0v) is 20.3. The summed E-state index contributed by atoms with van der Waals surface area (Å²) in [6.07, 6.45) is 8.09. The van der Waals surface area contributed by atoms with Crippen molar-refractivity contribution < 1.29 is 4.79 Å². The average molecular weight is 468 g/mol. The van der Waals surface area contributed by atoms with E-state index in [1.807, 2.05) is 47.0 Å². The number of benzene rings is 2. The first kappa shape index (κ1) is 23.1. The number of rotatable bonds is 7. The highest BCUT2D eigenvalue weighted by atomic mass is 16.1. The number of fused-ring (bicyclic) bond motifs is 1. The summed E-state index contributed by atoms with van der Waals surface area (Å²) in [7, 11) is 0. The van der Waals surface area contributed by atoms with E-state index in [-0.39, 0.29) is 5.91 Å². The summed E-state index contributed by atoms with van der Waals surface area (Å²) in [6.45, 7) is 3.01. The summed E-state index contributed by atoms with van der Waals surface area (Å²) < 4.78 is 2.04. The van der Waals surface area contributed by atoms with Gasteiger partial charge >= 0.3 is 0 Å². The number of anilines is 1. The lowest BCUT2D eigenvalue weighted by molar-refractivity contribution is 0.0952. The molecule has 0 saturated heterocycles. The van der Waals surface area contributed by atoms with E-state index in [2.05, 4.69) is 41.8 Å². The number of amides is 1. The summed E-state index contributed by atoms with van der Waals surface area (Å²) in [5, 5.41) is 6.85. The molecule has 5 rings (SSSR count). The first-order valence-corrected chi connectivity index (χ1v) is 12.5. The van der Waals surface area contributed by atoms with Gasteiger partial charge in [0.1, 0.15) is 11.5 Å². The molecule has 0 aliphatic heterocycles. The van der Waals surface area contributed by atoms with Crippen molar-refractivity contribution in [3.05, 3.63) is 89.1 Å². The summed E-state index contributed by atoms with van der Waals surface area (Å²) in [6, 6.07) is 20.6. The van der Waals surface area contributed by atoms with Crippen molar-refractivity contribution in [1.29, 1.82) is 0 Å². The van der Waals surface area contributed by atoms with E-state index in [0.717, 1.165) is 41.0 Å². The fourth-order valence-electron chi connectivity index (χ4n) is 4.96. The zero-order valence-electron chi connectivity index (χ0n) is 20.3. The first-order chi connectivity index (χ1) is 17.1. The Morgan fingerprint density at radius 3 is 2.63 bits per heavy atom. The van der Waals surface area contributed by atoms with Gasteiger partial charge < -0.3 is 16.4 Å². The van der Waals surface area contributed by atoms with Crippen molar-refractivity contribution in [2.24, 2.45) is 5.73 Å². The fraction of sp³-hybridized carbons (Fsp3) is 0.310. The van der Waals surface area contributed by atoms with E-state index in [1.165, 1.54) is 24.8 Å². The Labute approximate surface area is 206 Å². The van der Waals surface area contributed by atoms with E-state index >= 15 is 0 Å². The van der Waals surface area contributed by atoms with Gasteiger partial charge in [0.25, 0.3) is 5.91 Å². The molecule has 2 aromatic carbocycles. The SMILES string of the molecule is Cc1cccc(-c2nc3c(C(=O)NCc4cccc(CN)c4)cccn3c2NC2CCCCC2)c1. The highest BCUT2D eigenvalue weighted by Gasteiger charge is 2.22. The highest BCUT2D eigenvalue weighted by Crippen LogP contribution is 2.33. The Hall–Kier alpha value is -3.64. The van der Waals surface area contributed by atoms with Crippen LogP contribution in [0.2, 0.25) is 0 Å². The van der Waals surface area contributed by atoms with Crippen LogP contribution in [0.3, 0.4) is 0 Å². The predicted molar refractivity (Wildman–Crippen MR) is 141 cm³/mol. The normalized spacial score (nSPS) is 14.2. The van der Waals surface area contributed by atoms with Gasteiger partial charge in [-0.15, -0.1) is 0 Å². The molecule has 180 valence electrons. The quantitative estimate of drug-likeness (QED) is 0.338. The van der Waals surface area contributed by atoms with Crippen LogP contribution in [0.25, 0.3) is 16.9 Å². The van der Waals surface area contributed by atoms with Crippen LogP contribution in [-0.2, 0) is 13.1 Å². The van der Waals surface area contributed by atoms with Crippen LogP contribution in [0.15, 0.2) is 66.9 Å². The van der Waals surface area contributed by atoms with Crippen molar-refractivity contribution in [3.8, 4) is 11.3 Å². The lowest BCUT2D eigenvalue weighted by Crippen LogP contribution is -2.24. The van der Waals surface area contributed by atoms with Crippen LogP contribution in [-0.4, -0.2) is 21.3 Å². The minimum absolute atomic E-state index is 0.140. The summed E-state index contributed by atoms with van der Waals surface area (Å²) in [5.74, 6) is 0.821. The molecule has 6 heteroatoms. The van der Waals surface area contributed by atoms with Gasteiger partial charge in [0, 0.05) is 30.9 Å². The van der Waals surface area contributed by atoms with Crippen molar-refractivity contribution in [2.75, 3.05) is 5.32 Å². The van der Waals surface area contributed by atoms with E-state index < -0.39 is 0 Å². The van der Waals surface area contributed by atoms with Crippen LogP contribution in [0.5, 0.6) is 0 Å². The summed E-state index contributed by atoms with van der Waals surface area (Å²) in [4.78, 5) is 18.3. The maximum Gasteiger partial charge on any atom is 0.255 e. The van der Waals surface area contributed by atoms with E-state index in [4.69, 9.17) is 10.7 Å². The smallest absolute Gasteiger partial charge is 0.255 e. The first-order valence-electron chi connectivity index (χ1n) is 12.5. The number of carbonyl (C=O) groups excluding carboxylic acids is 1. The monoisotopic (exact) mass is 467 g/mol. The summed E-state index contributed by atoms with van der Waals surface area (Å²) >= 11 is 0. The molecular formula is C29H33N5O. The molecule has 2 aromatic heterocycles. The molecule has 1 aliphatic carbocycles. The van der Waals surface area contributed by atoms with Crippen molar-refractivity contribution in [3.63, 3.8) is 0 Å². The number of hydrogen-bond acceptors (Lipinski definition) is 4. The lowest BCUT2D eigenvalue weighted by Gasteiger charge is -2.24. The molecule has 1 amide bonds. The van der Waals surface area contributed by atoms with Crippen LogP contribution < -0.4 is 16.4 Å². The second kappa shape index (κ2) is 10.3. The zero-order chi connectivity index (χ0) is 24.2. The Morgan fingerprint density at radius 2 is 1.83 bits per heavy atom. The Kier molecular flexibility index (Phi) is 6.82. The number of aromatic nitrogens is 2. The Bertz CT molecular complexity index is 1340. The largest absolute Gasteiger partial charge is 0.367 e. The van der Waals surface area contributed by atoms with Crippen molar-refractivity contribution in [2.45, 2.75) is 58.2 Å². The topological polar surface area (TPSA) is 84.5 Å².